The van der Waals surface area contributed by atoms with Gasteiger partial charge in [0, 0.05) is 11.4 Å². The van der Waals surface area contributed by atoms with E-state index in [2.05, 4.69) is 84.1 Å². The molecule has 0 radical (unpaired) electrons. The van der Waals surface area contributed by atoms with E-state index in [1.807, 2.05) is 0 Å². The molecule has 2 aromatic rings. The highest BCUT2D eigenvalue weighted by Gasteiger charge is 2.24. The summed E-state index contributed by atoms with van der Waals surface area (Å²) in [4.78, 5) is 0. The fourth-order valence-corrected chi connectivity index (χ4v) is 4.10. The number of hydrogen-bond donors (Lipinski definition) is 1. The Morgan fingerprint density at radius 1 is 0.808 bits per heavy atom. The monoisotopic (exact) mass is 349 g/mol. The minimum absolute atomic E-state index is 0.137. The summed E-state index contributed by atoms with van der Waals surface area (Å²) in [6.07, 6.45) is 5.05. The van der Waals surface area contributed by atoms with Gasteiger partial charge in [-0.25, -0.2) is 0 Å². The van der Waals surface area contributed by atoms with Gasteiger partial charge >= 0.3 is 0 Å². The highest BCUT2D eigenvalue weighted by atomic mass is 14.9. The van der Waals surface area contributed by atoms with Crippen LogP contribution >= 0.6 is 0 Å². The number of benzene rings is 2. The lowest BCUT2D eigenvalue weighted by Gasteiger charge is -2.29. The van der Waals surface area contributed by atoms with Crippen LogP contribution < -0.4 is 5.32 Å². The lowest BCUT2D eigenvalue weighted by Crippen LogP contribution is -2.19. The number of rotatable bonds is 2. The van der Waals surface area contributed by atoms with Gasteiger partial charge in [0.25, 0.3) is 0 Å². The van der Waals surface area contributed by atoms with Crippen LogP contribution in [0.15, 0.2) is 30.3 Å². The molecular formula is C25H35N. The summed E-state index contributed by atoms with van der Waals surface area (Å²) in [6.45, 7) is 16.1. The largest absolute Gasteiger partial charge is 0.355 e. The Bertz CT molecular complexity index is 800. The first-order valence-corrected chi connectivity index (χ1v) is 10.1. The van der Waals surface area contributed by atoms with Gasteiger partial charge in [0.05, 0.1) is 0 Å². The normalized spacial score (nSPS) is 14.9. The van der Waals surface area contributed by atoms with E-state index in [1.54, 1.807) is 0 Å². The second-order valence-electron chi connectivity index (χ2n) is 9.97. The summed E-state index contributed by atoms with van der Waals surface area (Å²) in [5.41, 5.74) is 10.1. The summed E-state index contributed by atoms with van der Waals surface area (Å²) in [7, 11) is 0. The Kier molecular flexibility index (Phi) is 4.94. The summed E-state index contributed by atoms with van der Waals surface area (Å²) in [6, 6.07) is 11.6. The fraction of sp³-hybridized carbons (Fsp3) is 0.520. The molecule has 0 spiro atoms. The molecule has 1 aliphatic rings. The van der Waals surface area contributed by atoms with Gasteiger partial charge in [-0.15, -0.1) is 0 Å². The quantitative estimate of drug-likeness (QED) is 0.604. The highest BCUT2D eigenvalue weighted by molar-refractivity contribution is 5.70. The number of aryl methyl sites for hydroxylation is 1. The van der Waals surface area contributed by atoms with Crippen LogP contribution in [0.5, 0.6) is 0 Å². The minimum atomic E-state index is 0.137. The molecule has 0 atom stereocenters. The van der Waals surface area contributed by atoms with E-state index in [0.29, 0.717) is 0 Å². The Morgan fingerprint density at radius 3 is 2.15 bits per heavy atom. The van der Waals surface area contributed by atoms with Gasteiger partial charge in [0.15, 0.2) is 0 Å². The Morgan fingerprint density at radius 2 is 1.50 bits per heavy atom. The predicted octanol–water partition coefficient (Wildman–Crippen LogP) is 7.21. The standard InChI is InChI=1S/C25H35N/c1-17-21(25(5,6)7)15-19(24(2,3)4)16-23(17)26-22-14-10-12-18-11-8-9-13-20(18)22/h10,12,14-16,26H,8-9,11,13H2,1-7H3. The maximum absolute atomic E-state index is 3.83. The smallest absolute Gasteiger partial charge is 0.0419 e. The maximum Gasteiger partial charge on any atom is 0.0419 e. The minimum Gasteiger partial charge on any atom is -0.355 e. The topological polar surface area (TPSA) is 12.0 Å². The van der Waals surface area contributed by atoms with Crippen molar-refractivity contribution < 1.29 is 0 Å². The molecular weight excluding hydrogens is 314 g/mol. The van der Waals surface area contributed by atoms with Crippen molar-refractivity contribution in [2.45, 2.75) is 85.0 Å². The van der Waals surface area contributed by atoms with Crippen molar-refractivity contribution in [1.29, 1.82) is 0 Å². The molecule has 0 saturated carbocycles. The molecule has 0 unspecified atom stereocenters. The summed E-state index contributed by atoms with van der Waals surface area (Å²) in [5, 5.41) is 3.83. The van der Waals surface area contributed by atoms with Crippen LogP contribution in [0.25, 0.3) is 0 Å². The maximum atomic E-state index is 3.83. The van der Waals surface area contributed by atoms with Crippen molar-refractivity contribution in [3.8, 4) is 0 Å². The molecule has 26 heavy (non-hydrogen) atoms. The number of hydrogen-bond acceptors (Lipinski definition) is 1. The van der Waals surface area contributed by atoms with Crippen LogP contribution in [0.4, 0.5) is 11.4 Å². The molecule has 0 saturated heterocycles. The van der Waals surface area contributed by atoms with Crippen LogP contribution in [-0.4, -0.2) is 0 Å². The van der Waals surface area contributed by atoms with Gasteiger partial charge in [-0.05, 0) is 83.4 Å². The lowest BCUT2D eigenvalue weighted by molar-refractivity contribution is 0.566. The first-order valence-electron chi connectivity index (χ1n) is 10.1. The summed E-state index contributed by atoms with van der Waals surface area (Å²) in [5.74, 6) is 0. The Hall–Kier alpha value is -1.76. The van der Waals surface area contributed by atoms with Crippen molar-refractivity contribution in [3.05, 3.63) is 58.1 Å². The van der Waals surface area contributed by atoms with E-state index in [1.165, 1.54) is 64.9 Å². The van der Waals surface area contributed by atoms with Crippen molar-refractivity contribution >= 4 is 11.4 Å². The van der Waals surface area contributed by atoms with Crippen LogP contribution in [0.2, 0.25) is 0 Å². The van der Waals surface area contributed by atoms with Gasteiger partial charge in [-0.1, -0.05) is 59.7 Å². The van der Waals surface area contributed by atoms with Crippen molar-refractivity contribution in [2.75, 3.05) is 5.32 Å². The molecule has 0 amide bonds. The second kappa shape index (κ2) is 6.76. The SMILES string of the molecule is Cc1c(Nc2cccc3c2CCCC3)cc(C(C)(C)C)cc1C(C)(C)C. The summed E-state index contributed by atoms with van der Waals surface area (Å²) >= 11 is 0. The third kappa shape index (κ3) is 3.82. The Labute approximate surface area is 160 Å². The van der Waals surface area contributed by atoms with Crippen molar-refractivity contribution in [2.24, 2.45) is 0 Å². The average molecular weight is 350 g/mol. The van der Waals surface area contributed by atoms with Gasteiger partial charge in [-0.3, -0.25) is 0 Å². The van der Waals surface area contributed by atoms with Gasteiger partial charge < -0.3 is 5.32 Å². The molecule has 0 fully saturated rings. The first kappa shape index (κ1) is 19.0. The molecule has 140 valence electrons. The van der Waals surface area contributed by atoms with Crippen LogP contribution in [-0.2, 0) is 23.7 Å². The van der Waals surface area contributed by atoms with Gasteiger partial charge in [0.2, 0.25) is 0 Å². The van der Waals surface area contributed by atoms with Crippen LogP contribution in [0.1, 0.15) is 82.2 Å². The molecule has 1 nitrogen and oxygen atoms in total. The third-order valence-electron chi connectivity index (χ3n) is 5.75. The van der Waals surface area contributed by atoms with E-state index in [9.17, 15) is 0 Å². The van der Waals surface area contributed by atoms with Crippen LogP contribution in [0, 0.1) is 6.92 Å². The summed E-state index contributed by atoms with van der Waals surface area (Å²) < 4.78 is 0. The third-order valence-corrected chi connectivity index (χ3v) is 5.75. The molecule has 1 aliphatic carbocycles. The predicted molar refractivity (Wildman–Crippen MR) is 115 cm³/mol. The zero-order chi connectivity index (χ0) is 19.1. The van der Waals surface area contributed by atoms with Gasteiger partial charge in [0.1, 0.15) is 0 Å². The highest BCUT2D eigenvalue weighted by Crippen LogP contribution is 2.38. The number of anilines is 2. The lowest BCUT2D eigenvalue weighted by atomic mass is 9.78. The molecule has 0 bridgehead atoms. The zero-order valence-corrected chi connectivity index (χ0v) is 17.7. The molecule has 0 aliphatic heterocycles. The van der Waals surface area contributed by atoms with Crippen molar-refractivity contribution in [3.63, 3.8) is 0 Å². The molecule has 1 heteroatoms. The Balaban J connectivity index is 2.11. The van der Waals surface area contributed by atoms with Crippen molar-refractivity contribution in [1.82, 2.24) is 0 Å². The first-order chi connectivity index (χ1) is 12.1. The van der Waals surface area contributed by atoms with E-state index >= 15 is 0 Å². The van der Waals surface area contributed by atoms with Crippen LogP contribution in [0.3, 0.4) is 0 Å². The molecule has 2 aromatic carbocycles. The fourth-order valence-electron chi connectivity index (χ4n) is 4.10. The second-order valence-corrected chi connectivity index (χ2v) is 9.97. The molecule has 1 N–H and O–H groups in total. The number of fused-ring (bicyclic) bond motifs is 1. The van der Waals surface area contributed by atoms with E-state index in [4.69, 9.17) is 0 Å². The molecule has 0 aromatic heterocycles. The number of nitrogens with one attached hydrogen (secondary N) is 1. The molecule has 3 rings (SSSR count). The van der Waals surface area contributed by atoms with Gasteiger partial charge in [-0.2, -0.15) is 0 Å². The average Bonchev–Trinajstić information content (AvgIpc) is 2.55. The zero-order valence-electron chi connectivity index (χ0n) is 17.7. The van der Waals surface area contributed by atoms with E-state index < -0.39 is 0 Å². The molecule has 0 heterocycles. The van der Waals surface area contributed by atoms with E-state index in [-0.39, 0.29) is 10.8 Å². The van der Waals surface area contributed by atoms with E-state index in [0.717, 1.165) is 0 Å².